The minimum Gasteiger partial charge on any atom is -0.369 e. The van der Waals surface area contributed by atoms with Crippen LogP contribution in [-0.2, 0) is 0 Å². The Balaban J connectivity index is 1.48. The first-order valence-electron chi connectivity index (χ1n) is 10.2. The maximum Gasteiger partial charge on any atom is 0.201 e. The molecule has 0 unspecified atom stereocenters. The summed E-state index contributed by atoms with van der Waals surface area (Å²) in [5, 5.41) is 3.66. The first kappa shape index (κ1) is 20.4. The Kier molecular flexibility index (Phi) is 5.48. The zero-order valence-corrected chi connectivity index (χ0v) is 17.7. The standard InChI is InChI=1S/C23H19F2N5OS/c24-16-8-9-17(30-32-14-4-2-1-3-5-14)20(25)19(16)21(31)15-11-27-23-18(15)22(28-12-29-23)26-10-13-6-7-13/h1-5,8-9,11-13,30H,6-7,10H2,(H2,26,27,28,29). The number of hydrogen-bond acceptors (Lipinski definition) is 6. The second kappa shape index (κ2) is 8.58. The monoisotopic (exact) mass is 451 g/mol. The number of ketones is 1. The number of H-pyrrole nitrogens is 1. The summed E-state index contributed by atoms with van der Waals surface area (Å²) in [6.07, 6.45) is 5.10. The third kappa shape index (κ3) is 4.03. The van der Waals surface area contributed by atoms with E-state index in [1.807, 2.05) is 30.3 Å². The molecule has 6 nitrogen and oxygen atoms in total. The van der Waals surface area contributed by atoms with E-state index in [1.54, 1.807) is 0 Å². The van der Waals surface area contributed by atoms with E-state index in [4.69, 9.17) is 0 Å². The molecule has 4 aromatic rings. The van der Waals surface area contributed by atoms with E-state index in [9.17, 15) is 9.18 Å². The Labute approximate surface area is 187 Å². The zero-order chi connectivity index (χ0) is 22.1. The average Bonchev–Trinajstić information content (AvgIpc) is 3.54. The highest BCUT2D eigenvalue weighted by atomic mass is 32.2. The smallest absolute Gasteiger partial charge is 0.201 e. The number of anilines is 2. The molecule has 3 N–H and O–H groups in total. The number of carbonyl (C=O) groups excluding carboxylic acids is 1. The SMILES string of the molecule is O=C(c1c(F)ccc(NSc2ccccc2)c1F)c1c[nH]c2ncnc(NCC3CC3)c12. The van der Waals surface area contributed by atoms with Gasteiger partial charge in [0.25, 0.3) is 0 Å². The molecule has 32 heavy (non-hydrogen) atoms. The summed E-state index contributed by atoms with van der Waals surface area (Å²) in [7, 11) is 0. The van der Waals surface area contributed by atoms with Gasteiger partial charge in [-0.05, 0) is 55.0 Å². The highest BCUT2D eigenvalue weighted by Crippen LogP contribution is 2.33. The van der Waals surface area contributed by atoms with Gasteiger partial charge in [-0.15, -0.1) is 0 Å². The minimum absolute atomic E-state index is 0.0202. The molecule has 0 radical (unpaired) electrons. The van der Waals surface area contributed by atoms with Gasteiger partial charge in [-0.2, -0.15) is 0 Å². The largest absolute Gasteiger partial charge is 0.369 e. The number of aromatic amines is 1. The lowest BCUT2D eigenvalue weighted by Gasteiger charge is -2.11. The number of fused-ring (bicyclic) bond motifs is 1. The highest BCUT2D eigenvalue weighted by Gasteiger charge is 2.27. The minimum atomic E-state index is -0.947. The zero-order valence-electron chi connectivity index (χ0n) is 16.9. The molecule has 9 heteroatoms. The van der Waals surface area contributed by atoms with Gasteiger partial charge in [-0.25, -0.2) is 18.7 Å². The van der Waals surface area contributed by atoms with Crippen molar-refractivity contribution < 1.29 is 13.6 Å². The third-order valence-corrected chi connectivity index (χ3v) is 6.14. The van der Waals surface area contributed by atoms with Gasteiger partial charge in [0.1, 0.15) is 23.6 Å². The molecule has 0 atom stereocenters. The number of benzene rings is 2. The van der Waals surface area contributed by atoms with Crippen molar-refractivity contribution in [2.24, 2.45) is 5.92 Å². The van der Waals surface area contributed by atoms with Gasteiger partial charge in [0.05, 0.1) is 22.2 Å². The second-order valence-corrected chi connectivity index (χ2v) is 8.48. The summed E-state index contributed by atoms with van der Waals surface area (Å²) >= 11 is 1.17. The van der Waals surface area contributed by atoms with Gasteiger partial charge in [0, 0.05) is 17.6 Å². The molecule has 2 heterocycles. The number of carbonyl (C=O) groups is 1. The summed E-state index contributed by atoms with van der Waals surface area (Å²) in [4.78, 5) is 25.4. The summed E-state index contributed by atoms with van der Waals surface area (Å²) < 4.78 is 32.8. The van der Waals surface area contributed by atoms with Crippen molar-refractivity contribution in [1.29, 1.82) is 0 Å². The number of halogens is 2. The first-order valence-corrected chi connectivity index (χ1v) is 11.0. The molecule has 1 aliphatic rings. The van der Waals surface area contributed by atoms with Gasteiger partial charge < -0.3 is 15.0 Å². The van der Waals surface area contributed by atoms with E-state index in [0.29, 0.717) is 22.8 Å². The van der Waals surface area contributed by atoms with Crippen LogP contribution < -0.4 is 10.0 Å². The van der Waals surface area contributed by atoms with Crippen molar-refractivity contribution in [2.75, 3.05) is 16.6 Å². The summed E-state index contributed by atoms with van der Waals surface area (Å²) in [5.41, 5.74) is -0.0609. The van der Waals surface area contributed by atoms with Gasteiger partial charge in [-0.3, -0.25) is 4.79 Å². The molecule has 1 aliphatic carbocycles. The van der Waals surface area contributed by atoms with Crippen LogP contribution in [0.5, 0.6) is 0 Å². The van der Waals surface area contributed by atoms with Gasteiger partial charge in [0.2, 0.25) is 5.78 Å². The lowest BCUT2D eigenvalue weighted by atomic mass is 10.0. The lowest BCUT2D eigenvalue weighted by Crippen LogP contribution is -2.11. The predicted octanol–water partition coefficient (Wildman–Crippen LogP) is 5.41. The fraction of sp³-hybridized carbons (Fsp3) is 0.174. The Morgan fingerprint density at radius 3 is 2.72 bits per heavy atom. The van der Waals surface area contributed by atoms with Crippen LogP contribution in [-0.4, -0.2) is 27.3 Å². The van der Waals surface area contributed by atoms with Crippen LogP contribution in [0.2, 0.25) is 0 Å². The average molecular weight is 452 g/mol. The fourth-order valence-corrected chi connectivity index (χ4v) is 4.09. The van der Waals surface area contributed by atoms with Crippen molar-refractivity contribution >= 4 is 40.3 Å². The van der Waals surface area contributed by atoms with Crippen molar-refractivity contribution in [3.05, 3.63) is 77.8 Å². The molecule has 1 fully saturated rings. The van der Waals surface area contributed by atoms with Crippen molar-refractivity contribution in [3.63, 3.8) is 0 Å². The van der Waals surface area contributed by atoms with Crippen LogP contribution in [0.1, 0.15) is 28.8 Å². The molecule has 1 saturated carbocycles. The molecular weight excluding hydrogens is 432 g/mol. The van der Waals surface area contributed by atoms with Gasteiger partial charge in [0.15, 0.2) is 5.82 Å². The first-order chi connectivity index (χ1) is 15.6. The number of hydrogen-bond donors (Lipinski definition) is 3. The second-order valence-electron chi connectivity index (χ2n) is 7.60. The Morgan fingerprint density at radius 1 is 1.12 bits per heavy atom. The van der Waals surface area contributed by atoms with Crippen molar-refractivity contribution in [3.8, 4) is 0 Å². The quantitative estimate of drug-likeness (QED) is 0.246. The van der Waals surface area contributed by atoms with Crippen LogP contribution in [0.3, 0.4) is 0 Å². The third-order valence-electron chi connectivity index (χ3n) is 5.31. The molecule has 5 rings (SSSR count). The van der Waals surface area contributed by atoms with Gasteiger partial charge in [-0.1, -0.05) is 18.2 Å². The summed E-state index contributed by atoms with van der Waals surface area (Å²) in [6.45, 7) is 0.726. The molecular formula is C23H19F2N5OS. The Bertz CT molecular complexity index is 1290. The van der Waals surface area contributed by atoms with Crippen LogP contribution in [0.4, 0.5) is 20.3 Å². The molecule has 2 aromatic carbocycles. The molecule has 2 aromatic heterocycles. The highest BCUT2D eigenvalue weighted by molar-refractivity contribution is 8.00. The predicted molar refractivity (Wildman–Crippen MR) is 121 cm³/mol. The van der Waals surface area contributed by atoms with E-state index in [2.05, 4.69) is 25.0 Å². The molecule has 0 amide bonds. The fourth-order valence-electron chi connectivity index (χ4n) is 3.42. The topological polar surface area (TPSA) is 82.7 Å². The van der Waals surface area contributed by atoms with E-state index >= 15 is 4.39 Å². The number of nitrogens with zero attached hydrogens (tertiary/aromatic N) is 2. The van der Waals surface area contributed by atoms with E-state index in [1.165, 1.54) is 30.5 Å². The van der Waals surface area contributed by atoms with Gasteiger partial charge >= 0.3 is 0 Å². The maximum atomic E-state index is 15.2. The molecule has 0 aliphatic heterocycles. The normalized spacial score (nSPS) is 13.3. The number of rotatable bonds is 8. The van der Waals surface area contributed by atoms with Crippen LogP contribution >= 0.6 is 11.9 Å². The van der Waals surface area contributed by atoms with Crippen LogP contribution in [0.15, 0.2) is 59.9 Å². The molecule has 0 saturated heterocycles. The Morgan fingerprint density at radius 2 is 1.94 bits per heavy atom. The molecule has 0 bridgehead atoms. The van der Waals surface area contributed by atoms with E-state index < -0.39 is 23.0 Å². The van der Waals surface area contributed by atoms with Crippen LogP contribution in [0.25, 0.3) is 11.0 Å². The van der Waals surface area contributed by atoms with Crippen LogP contribution in [0, 0.1) is 17.6 Å². The van der Waals surface area contributed by atoms with E-state index in [0.717, 1.165) is 30.3 Å². The molecule has 0 spiro atoms. The maximum absolute atomic E-state index is 15.2. The number of aromatic nitrogens is 3. The van der Waals surface area contributed by atoms with Crippen molar-refractivity contribution in [1.82, 2.24) is 15.0 Å². The van der Waals surface area contributed by atoms with Crippen molar-refractivity contribution in [2.45, 2.75) is 17.7 Å². The summed E-state index contributed by atoms with van der Waals surface area (Å²) in [6, 6.07) is 11.7. The van der Waals surface area contributed by atoms with E-state index in [-0.39, 0.29) is 11.3 Å². The number of nitrogens with one attached hydrogen (secondary N) is 3. The Hall–Kier alpha value is -3.46. The summed E-state index contributed by atoms with van der Waals surface area (Å²) in [5.74, 6) is -1.60. The molecule has 162 valence electrons. The lowest BCUT2D eigenvalue weighted by molar-refractivity contribution is 0.103.